The topological polar surface area (TPSA) is 40.7 Å². The molecule has 0 radical (unpaired) electrons. The fourth-order valence-electron chi connectivity index (χ4n) is 2.02. The Morgan fingerprint density at radius 2 is 2.18 bits per heavy atom. The minimum absolute atomic E-state index is 0.000324. The summed E-state index contributed by atoms with van der Waals surface area (Å²) < 4.78 is 0. The summed E-state index contributed by atoms with van der Waals surface area (Å²) in [5.74, 6) is 0. The molecule has 0 amide bonds. The van der Waals surface area contributed by atoms with Crippen LogP contribution in [0, 0.1) is 6.92 Å². The molecule has 2 rings (SSSR count). The lowest BCUT2D eigenvalue weighted by molar-refractivity contribution is 0.557. The Bertz CT molecular complexity index is 472. The van der Waals surface area contributed by atoms with E-state index in [1.54, 1.807) is 6.33 Å². The van der Waals surface area contributed by atoms with E-state index in [-0.39, 0.29) is 5.54 Å². The van der Waals surface area contributed by atoms with Gasteiger partial charge in [0.1, 0.15) is 0 Å². The molecular weight excluding hydrogens is 210 g/mol. The second kappa shape index (κ2) is 4.62. The number of nitrogens with one attached hydrogen (secondary N) is 2. The molecule has 1 aromatic carbocycles. The molecule has 0 unspecified atom stereocenters. The number of imidazole rings is 1. The first-order valence-corrected chi connectivity index (χ1v) is 5.87. The third kappa shape index (κ3) is 3.34. The van der Waals surface area contributed by atoms with E-state index >= 15 is 0 Å². The van der Waals surface area contributed by atoms with Crippen LogP contribution in [-0.4, -0.2) is 15.5 Å². The predicted molar refractivity (Wildman–Crippen MR) is 71.2 cm³/mol. The summed E-state index contributed by atoms with van der Waals surface area (Å²) in [4.78, 5) is 7.18. The van der Waals surface area contributed by atoms with Gasteiger partial charge in [-0.05, 0) is 38.5 Å². The van der Waals surface area contributed by atoms with E-state index in [1.807, 2.05) is 6.20 Å². The number of anilines is 1. The van der Waals surface area contributed by atoms with Crippen molar-refractivity contribution in [3.05, 3.63) is 48.0 Å². The second-order valence-electron chi connectivity index (χ2n) is 5.13. The Labute approximate surface area is 102 Å². The standard InChI is InChI=1S/C14H19N3/c1-11-5-4-6-12(7-11)17-14(2,3)8-13-9-15-10-16-13/h4-7,9-10,17H,8H2,1-3H3,(H,15,16). The van der Waals surface area contributed by atoms with Crippen LogP contribution in [0.25, 0.3) is 0 Å². The lowest BCUT2D eigenvalue weighted by Gasteiger charge is -2.27. The van der Waals surface area contributed by atoms with Crippen LogP contribution in [0.5, 0.6) is 0 Å². The quantitative estimate of drug-likeness (QED) is 0.845. The van der Waals surface area contributed by atoms with Crippen molar-refractivity contribution in [1.29, 1.82) is 0 Å². The SMILES string of the molecule is Cc1cccc(NC(C)(C)Cc2cnc[nH]2)c1. The molecule has 90 valence electrons. The lowest BCUT2D eigenvalue weighted by atomic mass is 9.98. The van der Waals surface area contributed by atoms with Gasteiger partial charge in [-0.1, -0.05) is 12.1 Å². The van der Waals surface area contributed by atoms with Crippen molar-refractivity contribution in [1.82, 2.24) is 9.97 Å². The van der Waals surface area contributed by atoms with Crippen LogP contribution in [0.15, 0.2) is 36.8 Å². The molecule has 0 atom stereocenters. The Kier molecular flexibility index (Phi) is 3.18. The molecule has 0 aliphatic rings. The number of aromatic nitrogens is 2. The number of aryl methyl sites for hydroxylation is 1. The third-order valence-corrected chi connectivity index (χ3v) is 2.69. The van der Waals surface area contributed by atoms with E-state index in [4.69, 9.17) is 0 Å². The van der Waals surface area contributed by atoms with E-state index in [1.165, 1.54) is 5.56 Å². The largest absolute Gasteiger partial charge is 0.380 e. The van der Waals surface area contributed by atoms with Gasteiger partial charge < -0.3 is 10.3 Å². The smallest absolute Gasteiger partial charge is 0.0921 e. The number of nitrogens with zero attached hydrogens (tertiary/aromatic N) is 1. The fourth-order valence-corrected chi connectivity index (χ4v) is 2.02. The van der Waals surface area contributed by atoms with E-state index < -0.39 is 0 Å². The van der Waals surface area contributed by atoms with E-state index in [0.717, 1.165) is 17.8 Å². The third-order valence-electron chi connectivity index (χ3n) is 2.69. The highest BCUT2D eigenvalue weighted by Gasteiger charge is 2.18. The predicted octanol–water partition coefficient (Wildman–Crippen LogP) is 3.15. The van der Waals surface area contributed by atoms with Gasteiger partial charge in [0.15, 0.2) is 0 Å². The lowest BCUT2D eigenvalue weighted by Crippen LogP contribution is -2.33. The van der Waals surface area contributed by atoms with Crippen LogP contribution in [-0.2, 0) is 6.42 Å². The molecule has 0 saturated carbocycles. The number of rotatable bonds is 4. The van der Waals surface area contributed by atoms with Crippen molar-refractivity contribution in [2.45, 2.75) is 32.7 Å². The molecular formula is C14H19N3. The van der Waals surface area contributed by atoms with Gasteiger partial charge in [0.05, 0.1) is 6.33 Å². The van der Waals surface area contributed by atoms with Crippen LogP contribution in [0.2, 0.25) is 0 Å². The molecule has 0 fully saturated rings. The van der Waals surface area contributed by atoms with Crippen LogP contribution in [0.3, 0.4) is 0 Å². The first-order valence-electron chi connectivity index (χ1n) is 5.87. The molecule has 0 aliphatic carbocycles. The van der Waals surface area contributed by atoms with Gasteiger partial charge in [-0.25, -0.2) is 4.98 Å². The van der Waals surface area contributed by atoms with Crippen molar-refractivity contribution in [2.75, 3.05) is 5.32 Å². The summed E-state index contributed by atoms with van der Waals surface area (Å²) >= 11 is 0. The Morgan fingerprint density at radius 1 is 1.35 bits per heavy atom. The summed E-state index contributed by atoms with van der Waals surface area (Å²) in [5, 5.41) is 3.55. The number of hydrogen-bond acceptors (Lipinski definition) is 2. The maximum atomic E-state index is 4.04. The molecule has 0 spiro atoms. The van der Waals surface area contributed by atoms with Crippen LogP contribution < -0.4 is 5.32 Å². The zero-order valence-electron chi connectivity index (χ0n) is 10.6. The van der Waals surface area contributed by atoms with E-state index in [0.29, 0.717) is 0 Å². The fraction of sp³-hybridized carbons (Fsp3) is 0.357. The Hall–Kier alpha value is -1.77. The zero-order valence-corrected chi connectivity index (χ0v) is 10.6. The molecule has 0 bridgehead atoms. The minimum atomic E-state index is 0.000324. The van der Waals surface area contributed by atoms with Gasteiger partial charge in [-0.3, -0.25) is 0 Å². The minimum Gasteiger partial charge on any atom is -0.380 e. The van der Waals surface area contributed by atoms with E-state index in [2.05, 4.69) is 60.3 Å². The molecule has 2 N–H and O–H groups in total. The Balaban J connectivity index is 2.06. The van der Waals surface area contributed by atoms with Crippen molar-refractivity contribution in [3.63, 3.8) is 0 Å². The average molecular weight is 229 g/mol. The van der Waals surface area contributed by atoms with E-state index in [9.17, 15) is 0 Å². The van der Waals surface area contributed by atoms with Gasteiger partial charge in [0.2, 0.25) is 0 Å². The number of benzene rings is 1. The number of aromatic amines is 1. The maximum Gasteiger partial charge on any atom is 0.0921 e. The highest BCUT2D eigenvalue weighted by atomic mass is 15.0. The first kappa shape index (κ1) is 11.7. The molecule has 0 saturated heterocycles. The monoisotopic (exact) mass is 229 g/mol. The molecule has 0 aliphatic heterocycles. The molecule has 3 nitrogen and oxygen atoms in total. The van der Waals surface area contributed by atoms with Crippen LogP contribution in [0.4, 0.5) is 5.69 Å². The molecule has 2 aromatic rings. The van der Waals surface area contributed by atoms with Gasteiger partial charge >= 0.3 is 0 Å². The number of hydrogen-bond donors (Lipinski definition) is 2. The van der Waals surface area contributed by atoms with Gasteiger partial charge in [0, 0.05) is 29.5 Å². The number of H-pyrrole nitrogens is 1. The second-order valence-corrected chi connectivity index (χ2v) is 5.13. The highest BCUT2D eigenvalue weighted by molar-refractivity contribution is 5.47. The molecule has 1 aromatic heterocycles. The summed E-state index contributed by atoms with van der Waals surface area (Å²) in [7, 11) is 0. The van der Waals surface area contributed by atoms with Gasteiger partial charge in [0.25, 0.3) is 0 Å². The first-order chi connectivity index (χ1) is 8.05. The summed E-state index contributed by atoms with van der Waals surface area (Å²) in [6.07, 6.45) is 4.51. The zero-order chi connectivity index (χ0) is 12.3. The van der Waals surface area contributed by atoms with Crippen molar-refractivity contribution in [2.24, 2.45) is 0 Å². The van der Waals surface area contributed by atoms with Crippen molar-refractivity contribution >= 4 is 5.69 Å². The average Bonchev–Trinajstić information content (AvgIpc) is 2.68. The maximum absolute atomic E-state index is 4.04. The molecule has 17 heavy (non-hydrogen) atoms. The van der Waals surface area contributed by atoms with Gasteiger partial charge in [-0.15, -0.1) is 0 Å². The van der Waals surface area contributed by atoms with Crippen LogP contribution in [0.1, 0.15) is 25.1 Å². The van der Waals surface area contributed by atoms with Gasteiger partial charge in [-0.2, -0.15) is 0 Å². The summed E-state index contributed by atoms with van der Waals surface area (Å²) in [6.45, 7) is 6.49. The Morgan fingerprint density at radius 3 is 2.82 bits per heavy atom. The highest BCUT2D eigenvalue weighted by Crippen LogP contribution is 2.19. The summed E-state index contributed by atoms with van der Waals surface area (Å²) in [6, 6.07) is 8.44. The molecule has 3 heteroatoms. The summed E-state index contributed by atoms with van der Waals surface area (Å²) in [5.41, 5.74) is 3.58. The molecule has 1 heterocycles. The van der Waals surface area contributed by atoms with Crippen molar-refractivity contribution in [3.8, 4) is 0 Å². The van der Waals surface area contributed by atoms with Crippen LogP contribution >= 0.6 is 0 Å². The van der Waals surface area contributed by atoms with Crippen molar-refractivity contribution < 1.29 is 0 Å². The normalized spacial score (nSPS) is 11.5.